The van der Waals surface area contributed by atoms with Gasteiger partial charge in [0.25, 0.3) is 0 Å². The van der Waals surface area contributed by atoms with Crippen LogP contribution in [0.1, 0.15) is 31.0 Å². The largest absolute Gasteiger partial charge is 0.485 e. The third kappa shape index (κ3) is 3.01. The molecule has 1 aliphatic heterocycles. The highest BCUT2D eigenvalue weighted by Crippen LogP contribution is 2.40. The molecule has 0 saturated heterocycles. The molecule has 22 heavy (non-hydrogen) atoms. The molecule has 0 bridgehead atoms. The lowest BCUT2D eigenvalue weighted by Crippen LogP contribution is -2.53. The van der Waals surface area contributed by atoms with Crippen LogP contribution in [0.25, 0.3) is 0 Å². The van der Waals surface area contributed by atoms with Gasteiger partial charge in [-0.25, -0.2) is 0 Å². The summed E-state index contributed by atoms with van der Waals surface area (Å²) in [7, 11) is 0. The predicted molar refractivity (Wildman–Crippen MR) is 84.3 cm³/mol. The number of nitrogens with one attached hydrogen (secondary N) is 1. The molecular formula is C15H16N4O2S. The van der Waals surface area contributed by atoms with E-state index in [0.717, 1.165) is 0 Å². The molecule has 0 amide bonds. The molecule has 2 rings (SSSR count). The molecule has 1 aromatic carbocycles. The number of hydrogen-bond acceptors (Lipinski definition) is 6. The van der Waals surface area contributed by atoms with Crippen molar-refractivity contribution >= 4 is 16.9 Å². The van der Waals surface area contributed by atoms with Crippen molar-refractivity contribution in [1.29, 1.82) is 10.5 Å². The number of hydrogen-bond donors (Lipinski definition) is 2. The van der Waals surface area contributed by atoms with Crippen LogP contribution in [0.5, 0.6) is 5.75 Å². The van der Waals surface area contributed by atoms with Crippen molar-refractivity contribution < 1.29 is 9.84 Å². The maximum Gasteiger partial charge on any atom is 0.208 e. The Morgan fingerprint density at radius 1 is 1.45 bits per heavy atom. The summed E-state index contributed by atoms with van der Waals surface area (Å²) in [5.74, 6) is 0.601. The molecule has 2 unspecified atom stereocenters. The molecule has 0 aliphatic carbocycles. The number of aliphatic imine (C=N–C) groups is 1. The van der Waals surface area contributed by atoms with E-state index >= 15 is 0 Å². The minimum Gasteiger partial charge on any atom is -0.485 e. The highest BCUT2D eigenvalue weighted by atomic mass is 32.2. The van der Waals surface area contributed by atoms with Crippen molar-refractivity contribution in [2.45, 2.75) is 31.6 Å². The molecule has 0 saturated carbocycles. The highest BCUT2D eigenvalue weighted by molar-refractivity contribution is 8.13. The number of thioether (sulfide) groups is 1. The zero-order valence-electron chi connectivity index (χ0n) is 12.5. The lowest BCUT2D eigenvalue weighted by Gasteiger charge is -2.42. The Hall–Kier alpha value is -2.22. The Balaban J connectivity index is 2.49. The van der Waals surface area contributed by atoms with Crippen LogP contribution < -0.4 is 10.1 Å². The molecule has 0 aromatic heterocycles. The number of ether oxygens (including phenoxy) is 1. The number of benzene rings is 1. The lowest BCUT2D eigenvalue weighted by molar-refractivity contribution is -0.0608. The Kier molecular flexibility index (Phi) is 4.60. The summed E-state index contributed by atoms with van der Waals surface area (Å²) < 4.78 is 5.83. The van der Waals surface area contributed by atoms with Gasteiger partial charge in [-0.1, -0.05) is 11.8 Å². The van der Waals surface area contributed by atoms with E-state index in [9.17, 15) is 5.11 Å². The van der Waals surface area contributed by atoms with Gasteiger partial charge in [0, 0.05) is 5.56 Å². The summed E-state index contributed by atoms with van der Waals surface area (Å²) >= 11 is 1.27. The number of rotatable bonds is 1. The number of aliphatic hydroxyl groups excluding tert-OH is 1. The molecule has 2 atom stereocenters. The molecule has 114 valence electrons. The van der Waals surface area contributed by atoms with E-state index in [4.69, 9.17) is 15.3 Å². The van der Waals surface area contributed by atoms with E-state index in [0.29, 0.717) is 22.0 Å². The molecule has 6 nitrogen and oxygen atoms in total. The maximum absolute atomic E-state index is 10.6. The number of nitrogens with zero attached hydrogens (tertiary/aromatic N) is 3. The summed E-state index contributed by atoms with van der Waals surface area (Å²) in [4.78, 5) is 3.69. The van der Waals surface area contributed by atoms with Gasteiger partial charge in [-0.05, 0) is 38.3 Å². The Morgan fingerprint density at radius 2 is 2.18 bits per heavy atom. The fraction of sp³-hybridized carbons (Fsp3) is 0.400. The van der Waals surface area contributed by atoms with Gasteiger partial charge >= 0.3 is 0 Å². The number of nitriles is 2. The summed E-state index contributed by atoms with van der Waals surface area (Å²) in [5.41, 5.74) is 0.337. The van der Waals surface area contributed by atoms with Gasteiger partial charge in [0.1, 0.15) is 17.5 Å². The van der Waals surface area contributed by atoms with Gasteiger partial charge < -0.3 is 15.2 Å². The first kappa shape index (κ1) is 16.2. The van der Waals surface area contributed by atoms with Crippen LogP contribution in [0.15, 0.2) is 23.2 Å². The average Bonchev–Trinajstić information content (AvgIpc) is 2.50. The average molecular weight is 316 g/mol. The van der Waals surface area contributed by atoms with Crippen LogP contribution in [-0.2, 0) is 0 Å². The quantitative estimate of drug-likeness (QED) is 0.466. The second-order valence-electron chi connectivity index (χ2n) is 5.36. The fourth-order valence-corrected chi connectivity index (χ4v) is 2.72. The standard InChI is InChI=1S/C15H16N4O2S/c1-15(2)13(20)12(19-14(22-3)18-8-17)10-6-9(7-16)4-5-11(10)21-15/h4-6,12-13,20H,1-3H3,(H,18,19). The zero-order chi connectivity index (χ0) is 16.3. The second-order valence-corrected chi connectivity index (χ2v) is 6.15. The van der Waals surface area contributed by atoms with Crippen molar-refractivity contribution in [3.05, 3.63) is 29.3 Å². The minimum absolute atomic E-state index is 0.401. The summed E-state index contributed by atoms with van der Waals surface area (Å²) in [6, 6.07) is 6.62. The van der Waals surface area contributed by atoms with Crippen LogP contribution in [0, 0.1) is 22.8 Å². The highest BCUT2D eigenvalue weighted by Gasteiger charge is 2.43. The summed E-state index contributed by atoms with van der Waals surface area (Å²) in [5, 5.41) is 31.9. The van der Waals surface area contributed by atoms with E-state index in [1.807, 2.05) is 0 Å². The molecular weight excluding hydrogens is 300 g/mol. The fourth-order valence-electron chi connectivity index (χ4n) is 2.34. The van der Waals surface area contributed by atoms with Gasteiger partial charge in [-0.15, -0.1) is 4.99 Å². The third-order valence-corrected chi connectivity index (χ3v) is 4.09. The molecule has 1 aliphatic rings. The van der Waals surface area contributed by atoms with Crippen molar-refractivity contribution in [3.63, 3.8) is 0 Å². The van der Waals surface area contributed by atoms with Gasteiger partial charge in [0.05, 0.1) is 17.7 Å². The summed E-state index contributed by atoms with van der Waals surface area (Å²) in [6.45, 7) is 3.57. The van der Waals surface area contributed by atoms with Crippen molar-refractivity contribution in [2.75, 3.05) is 6.26 Å². The predicted octanol–water partition coefficient (Wildman–Crippen LogP) is 1.92. The van der Waals surface area contributed by atoms with E-state index < -0.39 is 17.7 Å². The first-order chi connectivity index (χ1) is 10.4. The lowest BCUT2D eigenvalue weighted by atomic mass is 9.86. The van der Waals surface area contributed by atoms with E-state index in [1.165, 1.54) is 11.8 Å². The normalized spacial score (nSPS) is 22.7. The molecule has 2 N–H and O–H groups in total. The van der Waals surface area contributed by atoms with E-state index in [1.54, 1.807) is 44.5 Å². The van der Waals surface area contributed by atoms with Crippen LogP contribution in [0.3, 0.4) is 0 Å². The maximum atomic E-state index is 10.6. The van der Waals surface area contributed by atoms with Crippen LogP contribution in [0.2, 0.25) is 0 Å². The van der Waals surface area contributed by atoms with E-state index in [2.05, 4.69) is 16.4 Å². The molecule has 1 aromatic rings. The molecule has 0 spiro atoms. The number of amidine groups is 1. The van der Waals surface area contributed by atoms with Crippen molar-refractivity contribution in [3.8, 4) is 18.0 Å². The second kappa shape index (κ2) is 6.27. The smallest absolute Gasteiger partial charge is 0.208 e. The van der Waals surface area contributed by atoms with Crippen LogP contribution >= 0.6 is 11.8 Å². The summed E-state index contributed by atoms with van der Waals surface area (Å²) in [6.07, 6.45) is 2.64. The van der Waals surface area contributed by atoms with Crippen molar-refractivity contribution in [2.24, 2.45) is 4.99 Å². The SMILES string of the molecule is CSC(=NC#N)NC1c2cc(C#N)ccc2OC(C)(C)C1O. The van der Waals surface area contributed by atoms with Crippen LogP contribution in [-0.4, -0.2) is 28.2 Å². The monoisotopic (exact) mass is 316 g/mol. The first-order valence-electron chi connectivity index (χ1n) is 6.61. The Labute approximate surface area is 133 Å². The van der Waals surface area contributed by atoms with E-state index in [-0.39, 0.29) is 0 Å². The first-order valence-corrected chi connectivity index (χ1v) is 7.84. The molecule has 0 fully saturated rings. The molecule has 0 radical (unpaired) electrons. The molecule has 7 heteroatoms. The van der Waals surface area contributed by atoms with Gasteiger partial charge in [-0.3, -0.25) is 0 Å². The van der Waals surface area contributed by atoms with Crippen molar-refractivity contribution in [1.82, 2.24) is 5.32 Å². The van der Waals surface area contributed by atoms with Gasteiger partial charge in [-0.2, -0.15) is 10.5 Å². The topological polar surface area (TPSA) is 101 Å². The number of fused-ring (bicyclic) bond motifs is 1. The number of aliphatic hydroxyl groups is 1. The molecule has 1 heterocycles. The van der Waals surface area contributed by atoms with Crippen LogP contribution in [0.4, 0.5) is 0 Å². The Morgan fingerprint density at radius 3 is 2.77 bits per heavy atom. The zero-order valence-corrected chi connectivity index (χ0v) is 13.3. The van der Waals surface area contributed by atoms with Gasteiger partial charge in [0.15, 0.2) is 5.17 Å². The minimum atomic E-state index is -0.870. The van der Waals surface area contributed by atoms with Gasteiger partial charge in [0.2, 0.25) is 6.19 Å². The Bertz CT molecular complexity index is 688. The third-order valence-electron chi connectivity index (χ3n) is 3.50.